The zero-order chi connectivity index (χ0) is 25.3. The Morgan fingerprint density at radius 2 is 1.63 bits per heavy atom. The summed E-state index contributed by atoms with van der Waals surface area (Å²) in [5.74, 6) is -0.789. The molecular formula is C24H22F4N2O3S2. The van der Waals surface area contributed by atoms with E-state index < -0.39 is 33.1 Å². The topological polar surface area (TPSA) is 67.4 Å². The number of anilines is 1. The van der Waals surface area contributed by atoms with Gasteiger partial charge in [0.25, 0.3) is 10.0 Å². The molecule has 1 aliphatic heterocycles. The summed E-state index contributed by atoms with van der Waals surface area (Å²) in [5.41, 5.74) is -1.86. The van der Waals surface area contributed by atoms with E-state index in [2.05, 4.69) is 10.0 Å². The van der Waals surface area contributed by atoms with Crippen LogP contribution in [0.5, 0.6) is 5.75 Å². The third-order valence-electron chi connectivity index (χ3n) is 5.41. The normalized spacial score (nSPS) is 18.4. The van der Waals surface area contributed by atoms with Crippen LogP contribution in [-0.2, 0) is 16.2 Å². The molecule has 3 aromatic carbocycles. The predicted molar refractivity (Wildman–Crippen MR) is 126 cm³/mol. The molecule has 1 saturated heterocycles. The number of rotatable bonds is 7. The van der Waals surface area contributed by atoms with Crippen molar-refractivity contribution in [1.29, 1.82) is 0 Å². The quantitative estimate of drug-likeness (QED) is 0.374. The molecule has 0 amide bonds. The van der Waals surface area contributed by atoms with Gasteiger partial charge in [-0.25, -0.2) is 12.8 Å². The first-order valence-electron chi connectivity index (χ1n) is 10.6. The van der Waals surface area contributed by atoms with Crippen molar-refractivity contribution in [3.8, 4) is 5.75 Å². The number of ether oxygens (including phenoxy) is 1. The summed E-state index contributed by atoms with van der Waals surface area (Å²) in [7, 11) is -4.07. The maximum Gasteiger partial charge on any atom is 0.419 e. The highest BCUT2D eigenvalue weighted by atomic mass is 32.2. The van der Waals surface area contributed by atoms with Crippen LogP contribution in [0, 0.1) is 5.82 Å². The second-order valence-electron chi connectivity index (χ2n) is 8.32. The van der Waals surface area contributed by atoms with Gasteiger partial charge in [0.15, 0.2) is 0 Å². The van der Waals surface area contributed by atoms with Crippen molar-refractivity contribution in [2.24, 2.45) is 0 Å². The van der Waals surface area contributed by atoms with Crippen LogP contribution < -0.4 is 14.8 Å². The van der Waals surface area contributed by atoms with Crippen molar-refractivity contribution in [2.75, 3.05) is 17.8 Å². The molecule has 5 nitrogen and oxygen atoms in total. The van der Waals surface area contributed by atoms with Crippen LogP contribution in [0.2, 0.25) is 0 Å². The van der Waals surface area contributed by atoms with Crippen molar-refractivity contribution >= 4 is 27.5 Å². The van der Waals surface area contributed by atoms with Gasteiger partial charge < -0.3 is 10.1 Å². The third kappa shape index (κ3) is 6.28. The summed E-state index contributed by atoms with van der Waals surface area (Å²) < 4.78 is 87.5. The van der Waals surface area contributed by atoms with Gasteiger partial charge in [0.1, 0.15) is 17.2 Å². The minimum atomic E-state index is -4.66. The van der Waals surface area contributed by atoms with Crippen LogP contribution in [-0.4, -0.2) is 27.1 Å². The summed E-state index contributed by atoms with van der Waals surface area (Å²) in [6, 6.07) is 14.8. The minimum absolute atomic E-state index is 0.0488. The number of halogens is 4. The molecule has 4 rings (SSSR count). The number of nitrogens with one attached hydrogen (secondary N) is 2. The van der Waals surface area contributed by atoms with E-state index in [4.69, 9.17) is 4.74 Å². The molecule has 35 heavy (non-hydrogen) atoms. The highest BCUT2D eigenvalue weighted by Gasteiger charge is 2.38. The maximum absolute atomic E-state index is 13.5. The van der Waals surface area contributed by atoms with Crippen molar-refractivity contribution in [3.63, 3.8) is 0 Å². The third-order valence-corrected chi connectivity index (χ3v) is 7.82. The van der Waals surface area contributed by atoms with Crippen molar-refractivity contribution in [3.05, 3.63) is 78.1 Å². The Morgan fingerprint density at radius 3 is 2.20 bits per heavy atom. The lowest BCUT2D eigenvalue weighted by Crippen LogP contribution is -2.35. The molecule has 0 saturated carbocycles. The van der Waals surface area contributed by atoms with Gasteiger partial charge >= 0.3 is 6.18 Å². The van der Waals surface area contributed by atoms with E-state index in [1.807, 2.05) is 0 Å². The molecule has 0 aliphatic carbocycles. The van der Waals surface area contributed by atoms with E-state index in [9.17, 15) is 26.0 Å². The van der Waals surface area contributed by atoms with Gasteiger partial charge in [-0.1, -0.05) is 11.8 Å². The Hall–Kier alpha value is -2.76. The summed E-state index contributed by atoms with van der Waals surface area (Å²) in [6.45, 7) is 2.69. The fourth-order valence-electron chi connectivity index (χ4n) is 3.59. The van der Waals surface area contributed by atoms with Gasteiger partial charge in [-0.15, -0.1) is 0 Å². The molecule has 1 fully saturated rings. The van der Waals surface area contributed by atoms with E-state index in [1.54, 1.807) is 31.2 Å². The Bertz CT molecular complexity index is 1290. The monoisotopic (exact) mass is 526 g/mol. The Morgan fingerprint density at radius 1 is 1.00 bits per heavy atom. The Balaban J connectivity index is 1.54. The van der Waals surface area contributed by atoms with Gasteiger partial charge in [-0.3, -0.25) is 4.72 Å². The molecule has 3 aromatic rings. The predicted octanol–water partition coefficient (Wildman–Crippen LogP) is 5.93. The smallest absolute Gasteiger partial charge is 0.419 e. The van der Waals surface area contributed by atoms with E-state index >= 15 is 0 Å². The number of sulfonamides is 1. The lowest BCUT2D eigenvalue weighted by atomic mass is 10.1. The van der Waals surface area contributed by atoms with Gasteiger partial charge in [-0.05, 0) is 74.1 Å². The lowest BCUT2D eigenvalue weighted by molar-refractivity contribution is -0.139. The summed E-state index contributed by atoms with van der Waals surface area (Å²) in [5, 5.41) is 3.05. The maximum atomic E-state index is 13.5. The first kappa shape index (κ1) is 25.3. The second kappa shape index (κ2) is 9.71. The minimum Gasteiger partial charge on any atom is -0.485 e. The van der Waals surface area contributed by atoms with Crippen molar-refractivity contribution < 1.29 is 30.7 Å². The number of hydrogen-bond donors (Lipinski definition) is 2. The SMILES string of the molecule is C[C@@]1(Oc2cc(NS(=O)(=O)c3ccc(Sc4ccc(F)cc4)cc3)ccc2C(F)(F)F)CCNC1. The van der Waals surface area contributed by atoms with Crippen LogP contribution in [0.1, 0.15) is 18.9 Å². The average Bonchev–Trinajstić information content (AvgIpc) is 3.20. The Kier molecular flexibility index (Phi) is 7.03. The molecule has 0 unspecified atom stereocenters. The number of benzene rings is 3. The van der Waals surface area contributed by atoms with Crippen LogP contribution >= 0.6 is 11.8 Å². The van der Waals surface area contributed by atoms with E-state index in [1.165, 1.54) is 36.0 Å². The van der Waals surface area contributed by atoms with Gasteiger partial charge in [0.2, 0.25) is 0 Å². The average molecular weight is 527 g/mol. The van der Waals surface area contributed by atoms with Crippen molar-refractivity contribution in [2.45, 2.75) is 39.8 Å². The molecule has 0 aromatic heterocycles. The van der Waals surface area contributed by atoms with Gasteiger partial charge in [0.05, 0.1) is 16.1 Å². The molecule has 1 aliphatic rings. The molecule has 0 bridgehead atoms. The molecule has 0 spiro atoms. The van der Waals surface area contributed by atoms with Crippen LogP contribution in [0.4, 0.5) is 23.2 Å². The zero-order valence-electron chi connectivity index (χ0n) is 18.5. The van der Waals surface area contributed by atoms with E-state index in [0.717, 1.165) is 28.0 Å². The van der Waals surface area contributed by atoms with Crippen LogP contribution in [0.15, 0.2) is 81.4 Å². The first-order valence-corrected chi connectivity index (χ1v) is 12.9. The van der Waals surface area contributed by atoms with E-state index in [-0.39, 0.29) is 16.4 Å². The standard InChI is InChI=1S/C24H22F4N2O3S2/c1-23(12-13-29-15-23)33-22-14-17(4-11-21(22)24(26,27)28)30-35(31,32)20-9-7-19(8-10-20)34-18-5-2-16(25)3-6-18/h2-11,14,29-30H,12-13,15H2,1H3/t23-/m1/s1. The van der Waals surface area contributed by atoms with Crippen LogP contribution in [0.3, 0.4) is 0 Å². The second-order valence-corrected chi connectivity index (χ2v) is 11.1. The number of hydrogen-bond acceptors (Lipinski definition) is 5. The summed E-state index contributed by atoms with van der Waals surface area (Å²) >= 11 is 1.33. The van der Waals surface area contributed by atoms with Gasteiger partial charge in [-0.2, -0.15) is 13.2 Å². The molecule has 1 atom stereocenters. The first-order chi connectivity index (χ1) is 16.4. The highest BCUT2D eigenvalue weighted by Crippen LogP contribution is 2.40. The molecule has 11 heteroatoms. The summed E-state index contributed by atoms with van der Waals surface area (Å²) in [6.07, 6.45) is -4.14. The van der Waals surface area contributed by atoms with Crippen molar-refractivity contribution in [1.82, 2.24) is 5.32 Å². The molecule has 1 heterocycles. The molecule has 186 valence electrons. The molecule has 2 N–H and O–H groups in total. The van der Waals surface area contributed by atoms with Gasteiger partial charge in [0, 0.05) is 28.8 Å². The fourth-order valence-corrected chi connectivity index (χ4v) is 5.46. The molecule has 0 radical (unpaired) electrons. The van der Waals surface area contributed by atoms with Crippen LogP contribution in [0.25, 0.3) is 0 Å². The largest absolute Gasteiger partial charge is 0.485 e. The Labute approximate surface area is 204 Å². The summed E-state index contributed by atoms with van der Waals surface area (Å²) in [4.78, 5) is 1.46. The fraction of sp³-hybridized carbons (Fsp3) is 0.250. The highest BCUT2D eigenvalue weighted by molar-refractivity contribution is 7.99. The lowest BCUT2D eigenvalue weighted by Gasteiger charge is -2.27. The number of alkyl halides is 3. The zero-order valence-corrected chi connectivity index (χ0v) is 20.2. The van der Waals surface area contributed by atoms with E-state index in [0.29, 0.717) is 19.5 Å². The molecular weight excluding hydrogens is 504 g/mol.